The summed E-state index contributed by atoms with van der Waals surface area (Å²) in [4.78, 5) is 1.90. The number of nitrogens with zero attached hydrogens (tertiary/aromatic N) is 1. The highest BCUT2D eigenvalue weighted by atomic mass is 35.5. The number of hydrogen-bond donors (Lipinski definition) is 0. The summed E-state index contributed by atoms with van der Waals surface area (Å²) in [5, 5.41) is 4.09. The third-order valence-electron chi connectivity index (χ3n) is 2.58. The van der Waals surface area contributed by atoms with Crippen LogP contribution in [0.2, 0.25) is 0 Å². The molecule has 17 heavy (non-hydrogen) atoms. The number of rotatable bonds is 4. The number of anilines is 1. The van der Waals surface area contributed by atoms with Gasteiger partial charge < -0.3 is 4.90 Å². The number of thiophene rings is 1. The lowest BCUT2D eigenvalue weighted by Crippen LogP contribution is -2.17. The Morgan fingerprint density at radius 2 is 2.12 bits per heavy atom. The van der Waals surface area contributed by atoms with Crippen LogP contribution in [0.5, 0.6) is 0 Å². The monoisotopic (exact) mass is 269 g/mol. The fourth-order valence-corrected chi connectivity index (χ4v) is 2.51. The molecule has 4 heteroatoms. The predicted octanol–water partition coefficient (Wildman–Crippen LogP) is 4.26. The molecular weight excluding hydrogens is 257 g/mol. The Kier molecular flexibility index (Phi) is 4.02. The summed E-state index contributed by atoms with van der Waals surface area (Å²) in [6.45, 7) is 0.709. The zero-order valence-corrected chi connectivity index (χ0v) is 11.1. The second kappa shape index (κ2) is 5.52. The molecule has 0 N–H and O–H groups in total. The van der Waals surface area contributed by atoms with E-state index in [0.29, 0.717) is 18.1 Å². The SMILES string of the molecule is CN(Cc1ccsc1)c1ccc(CCl)cc1F. The van der Waals surface area contributed by atoms with Gasteiger partial charge in [-0.05, 0) is 40.1 Å². The molecule has 90 valence electrons. The van der Waals surface area contributed by atoms with Crippen molar-refractivity contribution < 1.29 is 4.39 Å². The van der Waals surface area contributed by atoms with Crippen molar-refractivity contribution in [1.29, 1.82) is 0 Å². The van der Waals surface area contributed by atoms with E-state index in [1.807, 2.05) is 29.5 Å². The molecule has 0 unspecified atom stereocenters. The molecular formula is C13H13ClFNS. The van der Waals surface area contributed by atoms with Gasteiger partial charge in [0, 0.05) is 19.5 Å². The summed E-state index contributed by atoms with van der Waals surface area (Å²) in [5.41, 5.74) is 2.60. The molecule has 0 radical (unpaired) electrons. The van der Waals surface area contributed by atoms with Crippen molar-refractivity contribution in [2.75, 3.05) is 11.9 Å². The van der Waals surface area contributed by atoms with E-state index in [2.05, 4.69) is 5.38 Å². The van der Waals surface area contributed by atoms with E-state index < -0.39 is 0 Å². The number of hydrogen-bond acceptors (Lipinski definition) is 2. The van der Waals surface area contributed by atoms with Crippen LogP contribution < -0.4 is 4.90 Å². The maximum atomic E-state index is 13.8. The van der Waals surface area contributed by atoms with E-state index in [1.165, 1.54) is 11.6 Å². The van der Waals surface area contributed by atoms with E-state index in [-0.39, 0.29) is 5.82 Å². The molecule has 1 aromatic carbocycles. The van der Waals surface area contributed by atoms with Crippen molar-refractivity contribution in [3.8, 4) is 0 Å². The van der Waals surface area contributed by atoms with Gasteiger partial charge in [0.05, 0.1) is 5.69 Å². The molecule has 0 spiro atoms. The lowest BCUT2D eigenvalue weighted by atomic mass is 10.2. The molecule has 0 amide bonds. The second-order valence-corrected chi connectivity index (χ2v) is 4.95. The maximum Gasteiger partial charge on any atom is 0.146 e. The van der Waals surface area contributed by atoms with Crippen molar-refractivity contribution in [3.05, 3.63) is 52.0 Å². The zero-order valence-electron chi connectivity index (χ0n) is 9.49. The maximum absolute atomic E-state index is 13.8. The van der Waals surface area contributed by atoms with Crippen LogP contribution in [0.1, 0.15) is 11.1 Å². The van der Waals surface area contributed by atoms with Crippen molar-refractivity contribution in [1.82, 2.24) is 0 Å². The van der Waals surface area contributed by atoms with Crippen LogP contribution >= 0.6 is 22.9 Å². The third kappa shape index (κ3) is 2.99. The molecule has 2 aromatic rings. The Labute approximate surface area is 109 Å². The van der Waals surface area contributed by atoms with Gasteiger partial charge >= 0.3 is 0 Å². The van der Waals surface area contributed by atoms with Gasteiger partial charge in [0.2, 0.25) is 0 Å². The minimum atomic E-state index is -0.221. The number of alkyl halides is 1. The normalized spacial score (nSPS) is 10.5. The first kappa shape index (κ1) is 12.4. The lowest BCUT2D eigenvalue weighted by molar-refractivity contribution is 0.621. The summed E-state index contributed by atoms with van der Waals surface area (Å²) < 4.78 is 13.8. The van der Waals surface area contributed by atoms with Crippen LogP contribution in [0.15, 0.2) is 35.0 Å². The van der Waals surface area contributed by atoms with Gasteiger partial charge in [-0.1, -0.05) is 6.07 Å². The summed E-state index contributed by atoms with van der Waals surface area (Å²) in [6.07, 6.45) is 0. The van der Waals surface area contributed by atoms with E-state index in [1.54, 1.807) is 17.4 Å². The summed E-state index contributed by atoms with van der Waals surface area (Å²) in [7, 11) is 1.89. The van der Waals surface area contributed by atoms with Crippen LogP contribution in [-0.4, -0.2) is 7.05 Å². The predicted molar refractivity (Wildman–Crippen MR) is 72.4 cm³/mol. The van der Waals surface area contributed by atoms with Crippen LogP contribution in [0.4, 0.5) is 10.1 Å². The molecule has 0 aliphatic carbocycles. The highest BCUT2D eigenvalue weighted by Crippen LogP contribution is 2.22. The topological polar surface area (TPSA) is 3.24 Å². The highest BCUT2D eigenvalue weighted by molar-refractivity contribution is 7.07. The molecule has 1 heterocycles. The molecule has 1 nitrogen and oxygen atoms in total. The molecule has 0 saturated heterocycles. The first-order chi connectivity index (χ1) is 8.20. The Bertz CT molecular complexity index is 484. The zero-order chi connectivity index (χ0) is 12.3. The van der Waals surface area contributed by atoms with Crippen molar-refractivity contribution in [3.63, 3.8) is 0 Å². The van der Waals surface area contributed by atoms with E-state index >= 15 is 0 Å². The molecule has 0 aliphatic heterocycles. The van der Waals surface area contributed by atoms with Gasteiger partial charge in [0.25, 0.3) is 0 Å². The first-order valence-corrected chi connectivity index (χ1v) is 6.75. The minimum absolute atomic E-state index is 0.221. The minimum Gasteiger partial charge on any atom is -0.368 e. The molecule has 2 rings (SSSR count). The van der Waals surface area contributed by atoms with Gasteiger partial charge in [-0.2, -0.15) is 11.3 Å². The van der Waals surface area contributed by atoms with Crippen LogP contribution in [0, 0.1) is 5.82 Å². The van der Waals surface area contributed by atoms with Crippen LogP contribution in [-0.2, 0) is 12.4 Å². The molecule has 0 fully saturated rings. The molecule has 0 bridgehead atoms. The quantitative estimate of drug-likeness (QED) is 0.750. The molecule has 0 aliphatic rings. The van der Waals surface area contributed by atoms with Gasteiger partial charge in [0.1, 0.15) is 5.82 Å². The summed E-state index contributed by atoms with van der Waals surface area (Å²) >= 11 is 7.32. The van der Waals surface area contributed by atoms with E-state index in [4.69, 9.17) is 11.6 Å². The second-order valence-electron chi connectivity index (χ2n) is 3.91. The Balaban J connectivity index is 2.16. The average molecular weight is 270 g/mol. The molecule has 0 atom stereocenters. The first-order valence-electron chi connectivity index (χ1n) is 5.27. The smallest absolute Gasteiger partial charge is 0.146 e. The fraction of sp³-hybridized carbons (Fsp3) is 0.231. The summed E-state index contributed by atoms with van der Waals surface area (Å²) in [5.74, 6) is 0.117. The molecule has 0 saturated carbocycles. The van der Waals surface area contributed by atoms with E-state index in [0.717, 1.165) is 5.56 Å². The number of benzene rings is 1. The van der Waals surface area contributed by atoms with Gasteiger partial charge in [-0.15, -0.1) is 11.6 Å². The van der Waals surface area contributed by atoms with Crippen molar-refractivity contribution in [2.45, 2.75) is 12.4 Å². The summed E-state index contributed by atoms with van der Waals surface area (Å²) in [6, 6.07) is 7.17. The average Bonchev–Trinajstić information content (AvgIpc) is 2.81. The fourth-order valence-electron chi connectivity index (χ4n) is 1.68. The highest BCUT2D eigenvalue weighted by Gasteiger charge is 2.08. The van der Waals surface area contributed by atoms with Crippen LogP contribution in [0.3, 0.4) is 0 Å². The third-order valence-corrected chi connectivity index (χ3v) is 3.62. The van der Waals surface area contributed by atoms with Crippen molar-refractivity contribution in [2.24, 2.45) is 0 Å². The van der Waals surface area contributed by atoms with Gasteiger partial charge in [-0.25, -0.2) is 4.39 Å². The molecule has 1 aromatic heterocycles. The standard InChI is InChI=1S/C13H13ClFNS/c1-16(8-11-4-5-17-9-11)13-3-2-10(7-14)6-12(13)15/h2-6,9H,7-8H2,1H3. The van der Waals surface area contributed by atoms with Gasteiger partial charge in [0.15, 0.2) is 0 Å². The van der Waals surface area contributed by atoms with E-state index in [9.17, 15) is 4.39 Å². The Morgan fingerprint density at radius 3 is 2.71 bits per heavy atom. The Hall–Kier alpha value is -1.06. The largest absolute Gasteiger partial charge is 0.368 e. The van der Waals surface area contributed by atoms with Crippen molar-refractivity contribution >= 4 is 28.6 Å². The van der Waals surface area contributed by atoms with Gasteiger partial charge in [-0.3, -0.25) is 0 Å². The lowest BCUT2D eigenvalue weighted by Gasteiger charge is -2.19. The Morgan fingerprint density at radius 1 is 1.29 bits per heavy atom. The van der Waals surface area contributed by atoms with Crippen LogP contribution in [0.25, 0.3) is 0 Å². The number of halogens is 2.